The van der Waals surface area contributed by atoms with Crippen LogP contribution in [0, 0.1) is 0 Å². The molecule has 1 aromatic heterocycles. The van der Waals surface area contributed by atoms with Gasteiger partial charge in [0.2, 0.25) is 0 Å². The van der Waals surface area contributed by atoms with Crippen LogP contribution >= 0.6 is 11.3 Å². The van der Waals surface area contributed by atoms with E-state index in [1.54, 1.807) is 10.3 Å². The van der Waals surface area contributed by atoms with Gasteiger partial charge < -0.3 is 20.3 Å². The second-order valence-corrected chi connectivity index (χ2v) is 7.93. The average molecular weight is 401 g/mol. The summed E-state index contributed by atoms with van der Waals surface area (Å²) in [5.74, 6) is -0.512. The lowest BCUT2D eigenvalue weighted by Gasteiger charge is -2.34. The number of nitrogens with one attached hydrogen (secondary N) is 2. The first kappa shape index (κ1) is 19.9. The lowest BCUT2D eigenvalue weighted by atomic mass is 9.95. The molecule has 1 aliphatic heterocycles. The Morgan fingerprint density at radius 1 is 1.07 bits per heavy atom. The van der Waals surface area contributed by atoms with Crippen molar-refractivity contribution in [2.24, 2.45) is 0 Å². The molecule has 1 aliphatic carbocycles. The predicted molar refractivity (Wildman–Crippen MR) is 98.4 cm³/mol. The third kappa shape index (κ3) is 5.54. The molecule has 9 heteroatoms. The van der Waals surface area contributed by atoms with E-state index in [-0.39, 0.29) is 28.7 Å². The highest BCUT2D eigenvalue weighted by molar-refractivity contribution is 7.12. The highest BCUT2D eigenvalue weighted by Crippen LogP contribution is 2.27. The minimum atomic E-state index is -2.96. The summed E-state index contributed by atoms with van der Waals surface area (Å²) in [6.45, 7) is -1.83. The predicted octanol–water partition coefficient (Wildman–Crippen LogP) is 3.59. The van der Waals surface area contributed by atoms with Crippen LogP contribution in [0.25, 0.3) is 0 Å². The average Bonchev–Trinajstić information content (AvgIpc) is 3.10. The van der Waals surface area contributed by atoms with E-state index in [9.17, 15) is 18.4 Å². The van der Waals surface area contributed by atoms with Gasteiger partial charge in [0.05, 0.1) is 0 Å². The zero-order valence-corrected chi connectivity index (χ0v) is 15.9. The van der Waals surface area contributed by atoms with Crippen molar-refractivity contribution >= 4 is 23.3 Å². The first-order valence-corrected chi connectivity index (χ1v) is 10.3. The molecule has 0 atom stereocenters. The molecule has 2 aliphatic rings. The summed E-state index contributed by atoms with van der Waals surface area (Å²) in [7, 11) is 0. The Bertz CT molecular complexity index is 642. The van der Waals surface area contributed by atoms with Gasteiger partial charge in [0.1, 0.15) is 10.6 Å². The standard InChI is InChI=1S/C18H25F2N3O3S/c19-17(20)26-14-8-11-27-15(14)16(24)21-13-6-9-23(10-7-13)18(25)22-12-4-2-1-3-5-12/h8,11-13,17H,1-7,9-10H2,(H,21,24)(H,22,25). The fourth-order valence-electron chi connectivity index (χ4n) is 3.64. The van der Waals surface area contributed by atoms with E-state index in [1.807, 2.05) is 0 Å². The number of amides is 3. The lowest BCUT2D eigenvalue weighted by molar-refractivity contribution is -0.0498. The zero-order valence-electron chi connectivity index (χ0n) is 15.1. The van der Waals surface area contributed by atoms with Gasteiger partial charge in [-0.25, -0.2) is 4.79 Å². The smallest absolute Gasteiger partial charge is 0.387 e. The molecule has 1 aromatic rings. The normalized spacial score (nSPS) is 19.1. The second-order valence-electron chi connectivity index (χ2n) is 7.01. The summed E-state index contributed by atoms with van der Waals surface area (Å²) in [5.41, 5.74) is 0. The van der Waals surface area contributed by atoms with Crippen molar-refractivity contribution in [1.29, 1.82) is 0 Å². The van der Waals surface area contributed by atoms with E-state index >= 15 is 0 Å². The van der Waals surface area contributed by atoms with Crippen LogP contribution in [0.5, 0.6) is 5.75 Å². The molecule has 0 aromatic carbocycles. The molecule has 0 bridgehead atoms. The summed E-state index contributed by atoms with van der Waals surface area (Å²) in [6.07, 6.45) is 6.94. The number of rotatable bonds is 5. The highest BCUT2D eigenvalue weighted by Gasteiger charge is 2.27. The first-order valence-electron chi connectivity index (χ1n) is 9.41. The molecule has 2 heterocycles. The van der Waals surface area contributed by atoms with Gasteiger partial charge in [-0.2, -0.15) is 8.78 Å². The van der Waals surface area contributed by atoms with Crippen LogP contribution in [0.15, 0.2) is 11.4 Å². The summed E-state index contributed by atoms with van der Waals surface area (Å²) in [5, 5.41) is 7.52. The fraction of sp³-hybridized carbons (Fsp3) is 0.667. The topological polar surface area (TPSA) is 70.7 Å². The van der Waals surface area contributed by atoms with Gasteiger partial charge >= 0.3 is 12.6 Å². The van der Waals surface area contributed by atoms with Crippen molar-refractivity contribution in [2.45, 2.75) is 63.6 Å². The largest absolute Gasteiger partial charge is 0.433 e. The molecule has 0 spiro atoms. The number of carbonyl (C=O) groups is 2. The van der Waals surface area contributed by atoms with Gasteiger partial charge in [-0.3, -0.25) is 4.79 Å². The molecular formula is C18H25F2N3O3S. The first-order chi connectivity index (χ1) is 13.0. The van der Waals surface area contributed by atoms with Crippen LogP contribution in [-0.2, 0) is 0 Å². The number of nitrogens with zero attached hydrogens (tertiary/aromatic N) is 1. The maximum atomic E-state index is 12.4. The molecular weight excluding hydrogens is 376 g/mol. The van der Waals surface area contributed by atoms with Crippen LogP contribution in [0.4, 0.5) is 13.6 Å². The molecule has 27 heavy (non-hydrogen) atoms. The van der Waals surface area contributed by atoms with Gasteiger partial charge in [0, 0.05) is 25.2 Å². The van der Waals surface area contributed by atoms with Gasteiger partial charge in [-0.05, 0) is 37.1 Å². The number of thiophene rings is 1. The number of alkyl halides is 2. The summed E-state index contributed by atoms with van der Waals surface area (Å²) < 4.78 is 29.2. The molecule has 6 nitrogen and oxygen atoms in total. The monoisotopic (exact) mass is 401 g/mol. The van der Waals surface area contributed by atoms with Crippen LogP contribution in [0.3, 0.4) is 0 Å². The third-order valence-electron chi connectivity index (χ3n) is 5.10. The Balaban J connectivity index is 1.44. The van der Waals surface area contributed by atoms with Gasteiger partial charge in [-0.15, -0.1) is 11.3 Å². The van der Waals surface area contributed by atoms with Gasteiger partial charge in [0.25, 0.3) is 5.91 Å². The number of carbonyl (C=O) groups excluding carboxylic acids is 2. The molecule has 0 radical (unpaired) electrons. The summed E-state index contributed by atoms with van der Waals surface area (Å²) in [6, 6.07) is 1.52. The van der Waals surface area contributed by atoms with Crippen molar-refractivity contribution < 1.29 is 23.1 Å². The van der Waals surface area contributed by atoms with Crippen molar-refractivity contribution in [3.05, 3.63) is 16.3 Å². The van der Waals surface area contributed by atoms with E-state index in [0.29, 0.717) is 25.9 Å². The molecule has 1 saturated carbocycles. The van der Waals surface area contributed by atoms with E-state index in [2.05, 4.69) is 15.4 Å². The van der Waals surface area contributed by atoms with Gasteiger partial charge in [-0.1, -0.05) is 19.3 Å². The number of ether oxygens (including phenoxy) is 1. The second kappa shape index (κ2) is 9.34. The lowest BCUT2D eigenvalue weighted by Crippen LogP contribution is -2.51. The van der Waals surface area contributed by atoms with E-state index < -0.39 is 12.5 Å². The SMILES string of the molecule is O=C(NC1CCN(C(=O)NC2CCCCC2)CC1)c1sccc1OC(F)F. The zero-order chi connectivity index (χ0) is 19.2. The van der Waals surface area contributed by atoms with Crippen LogP contribution in [0.1, 0.15) is 54.6 Å². The van der Waals surface area contributed by atoms with Crippen LogP contribution in [0.2, 0.25) is 0 Å². The summed E-state index contributed by atoms with van der Waals surface area (Å²) in [4.78, 5) is 26.6. The molecule has 3 rings (SSSR count). The van der Waals surface area contributed by atoms with Gasteiger partial charge in [0.15, 0.2) is 0 Å². The number of urea groups is 1. The fourth-order valence-corrected chi connectivity index (χ4v) is 4.37. The molecule has 1 saturated heterocycles. The maximum absolute atomic E-state index is 12.4. The number of likely N-dealkylation sites (tertiary alicyclic amines) is 1. The molecule has 2 fully saturated rings. The highest BCUT2D eigenvalue weighted by atomic mass is 32.1. The number of hydrogen-bond donors (Lipinski definition) is 2. The van der Waals surface area contributed by atoms with Crippen molar-refractivity contribution in [2.75, 3.05) is 13.1 Å². The number of halogens is 2. The molecule has 0 unspecified atom stereocenters. The Morgan fingerprint density at radius 2 is 1.74 bits per heavy atom. The Morgan fingerprint density at radius 3 is 2.41 bits per heavy atom. The van der Waals surface area contributed by atoms with E-state index in [1.165, 1.54) is 25.3 Å². The Labute approximate surface area is 161 Å². The van der Waals surface area contributed by atoms with Crippen molar-refractivity contribution in [1.82, 2.24) is 15.5 Å². The molecule has 2 N–H and O–H groups in total. The summed E-state index contributed by atoms with van der Waals surface area (Å²) >= 11 is 1.07. The quantitative estimate of drug-likeness (QED) is 0.792. The minimum absolute atomic E-state index is 0.0300. The van der Waals surface area contributed by atoms with Crippen LogP contribution < -0.4 is 15.4 Å². The minimum Gasteiger partial charge on any atom is -0.433 e. The van der Waals surface area contributed by atoms with Crippen LogP contribution in [-0.4, -0.2) is 48.6 Å². The third-order valence-corrected chi connectivity index (χ3v) is 6.00. The van der Waals surface area contributed by atoms with E-state index in [0.717, 1.165) is 24.2 Å². The van der Waals surface area contributed by atoms with Crippen molar-refractivity contribution in [3.8, 4) is 5.75 Å². The molecule has 150 valence electrons. The van der Waals surface area contributed by atoms with Crippen molar-refractivity contribution in [3.63, 3.8) is 0 Å². The maximum Gasteiger partial charge on any atom is 0.387 e. The Kier molecular flexibility index (Phi) is 6.87. The molecule has 3 amide bonds. The number of hydrogen-bond acceptors (Lipinski definition) is 4. The van der Waals surface area contributed by atoms with E-state index in [4.69, 9.17) is 0 Å². The Hall–Kier alpha value is -1.90. The number of piperidine rings is 1.